The topological polar surface area (TPSA) is 92.5 Å². The zero-order valence-corrected chi connectivity index (χ0v) is 8.71. The second-order valence-electron chi connectivity index (χ2n) is 3.16. The van der Waals surface area contributed by atoms with Crippen LogP contribution in [0.15, 0.2) is 23.1 Å². The lowest BCUT2D eigenvalue weighted by molar-refractivity contribution is 0.240. The van der Waals surface area contributed by atoms with Crippen molar-refractivity contribution in [2.75, 3.05) is 18.1 Å². The summed E-state index contributed by atoms with van der Waals surface area (Å²) in [5, 5.41) is 2.43. The maximum Gasteiger partial charge on any atom is 0.335 e. The summed E-state index contributed by atoms with van der Waals surface area (Å²) in [6, 6.07) is 3.57. The Morgan fingerprint density at radius 2 is 2.07 bits per heavy atom. The van der Waals surface area contributed by atoms with Gasteiger partial charge in [0.2, 0.25) is 0 Å². The molecule has 0 saturated heterocycles. The average Bonchev–Trinajstić information content (AvgIpc) is 2.14. The van der Waals surface area contributed by atoms with Gasteiger partial charge < -0.3 is 11.1 Å². The number of nitrogens with two attached hydrogens (primary N) is 1. The van der Waals surface area contributed by atoms with Crippen LogP contribution < -0.4 is 11.1 Å². The van der Waals surface area contributed by atoms with E-state index in [1.807, 2.05) is 0 Å². The van der Waals surface area contributed by atoms with Crippen LogP contribution in [0.1, 0.15) is 0 Å². The number of nitrogens with zero attached hydrogens (tertiary/aromatic N) is 1. The molecule has 0 aromatic heterocycles. The number of urea groups is 1. The van der Waals surface area contributed by atoms with E-state index in [0.717, 1.165) is 0 Å². The number of rotatable bonds is 0. The van der Waals surface area contributed by atoms with Crippen molar-refractivity contribution in [3.05, 3.63) is 18.2 Å². The van der Waals surface area contributed by atoms with Crippen molar-refractivity contribution in [2.24, 2.45) is 0 Å². The molecule has 0 spiro atoms. The first-order valence-corrected chi connectivity index (χ1v) is 5.56. The number of amides is 2. The molecule has 1 aromatic rings. The van der Waals surface area contributed by atoms with Crippen LogP contribution in [0.5, 0.6) is 0 Å². The molecule has 2 rings (SSSR count). The van der Waals surface area contributed by atoms with Crippen LogP contribution in [0.25, 0.3) is 0 Å². The molecule has 2 amide bonds. The number of sulfonamides is 1. The highest BCUT2D eigenvalue weighted by Gasteiger charge is 2.33. The second-order valence-corrected chi connectivity index (χ2v) is 5.10. The summed E-state index contributed by atoms with van der Waals surface area (Å²) in [6.45, 7) is 0. The summed E-state index contributed by atoms with van der Waals surface area (Å²) in [5.41, 5.74) is 6.11. The third-order valence-electron chi connectivity index (χ3n) is 2.17. The fraction of sp³-hybridized carbons (Fsp3) is 0.125. The molecule has 7 heteroatoms. The molecular weight excluding hydrogens is 218 g/mol. The van der Waals surface area contributed by atoms with Gasteiger partial charge in [-0.15, -0.1) is 0 Å². The van der Waals surface area contributed by atoms with Crippen LogP contribution in [0, 0.1) is 0 Å². The van der Waals surface area contributed by atoms with E-state index in [1.165, 1.54) is 25.2 Å². The van der Waals surface area contributed by atoms with E-state index in [4.69, 9.17) is 5.73 Å². The first-order valence-electron chi connectivity index (χ1n) is 4.12. The van der Waals surface area contributed by atoms with Crippen molar-refractivity contribution in [2.45, 2.75) is 4.90 Å². The van der Waals surface area contributed by atoms with Crippen LogP contribution in [-0.2, 0) is 10.0 Å². The van der Waals surface area contributed by atoms with E-state index < -0.39 is 16.1 Å². The molecule has 15 heavy (non-hydrogen) atoms. The van der Waals surface area contributed by atoms with Crippen molar-refractivity contribution in [3.63, 3.8) is 0 Å². The summed E-state index contributed by atoms with van der Waals surface area (Å²) in [7, 11) is -2.52. The fourth-order valence-electron chi connectivity index (χ4n) is 1.32. The second kappa shape index (κ2) is 2.86. The first kappa shape index (κ1) is 9.78. The Balaban J connectivity index is 2.72. The number of nitrogen functional groups attached to an aromatic ring is 1. The third kappa shape index (κ3) is 1.32. The molecule has 1 heterocycles. The fourth-order valence-corrected chi connectivity index (χ4v) is 2.51. The lowest BCUT2D eigenvalue weighted by Crippen LogP contribution is -2.41. The molecule has 1 aliphatic heterocycles. The summed E-state index contributed by atoms with van der Waals surface area (Å²) in [5.74, 6) is 0. The van der Waals surface area contributed by atoms with Crippen molar-refractivity contribution in [1.82, 2.24) is 4.31 Å². The minimum Gasteiger partial charge on any atom is -0.399 e. The minimum absolute atomic E-state index is 0.0544. The van der Waals surface area contributed by atoms with Gasteiger partial charge in [0.1, 0.15) is 4.90 Å². The molecule has 3 N–H and O–H groups in total. The molecule has 80 valence electrons. The zero-order chi connectivity index (χ0) is 11.2. The number of fused-ring (bicyclic) bond motifs is 1. The first-order chi connectivity index (χ1) is 6.93. The number of hydrogen-bond donors (Lipinski definition) is 2. The highest BCUT2D eigenvalue weighted by Crippen LogP contribution is 2.30. The Kier molecular flexibility index (Phi) is 1.87. The zero-order valence-electron chi connectivity index (χ0n) is 7.89. The molecule has 1 aromatic carbocycles. The number of hydrogen-bond acceptors (Lipinski definition) is 4. The van der Waals surface area contributed by atoms with Gasteiger partial charge in [-0.1, -0.05) is 0 Å². The van der Waals surface area contributed by atoms with Crippen molar-refractivity contribution < 1.29 is 13.2 Å². The largest absolute Gasteiger partial charge is 0.399 e. The van der Waals surface area contributed by atoms with Crippen LogP contribution in [0.2, 0.25) is 0 Å². The average molecular weight is 227 g/mol. The van der Waals surface area contributed by atoms with Gasteiger partial charge in [-0.05, 0) is 18.2 Å². The molecule has 6 nitrogen and oxygen atoms in total. The highest BCUT2D eigenvalue weighted by atomic mass is 32.2. The molecular formula is C8H9N3O3S. The normalized spacial score (nSPS) is 18.2. The van der Waals surface area contributed by atoms with Gasteiger partial charge in [0, 0.05) is 12.7 Å². The van der Waals surface area contributed by atoms with Crippen LogP contribution in [-0.4, -0.2) is 25.8 Å². The predicted octanol–water partition coefficient (Wildman–Crippen LogP) is 0.435. The maximum atomic E-state index is 11.8. The predicted molar refractivity (Wildman–Crippen MR) is 54.8 cm³/mol. The van der Waals surface area contributed by atoms with Gasteiger partial charge in [0.15, 0.2) is 0 Å². The van der Waals surface area contributed by atoms with Crippen molar-refractivity contribution >= 4 is 27.4 Å². The minimum atomic E-state index is -3.72. The number of nitrogens with one attached hydrogen (secondary N) is 1. The van der Waals surface area contributed by atoms with Crippen LogP contribution in [0.3, 0.4) is 0 Å². The monoisotopic (exact) mass is 227 g/mol. The Morgan fingerprint density at radius 3 is 2.73 bits per heavy atom. The highest BCUT2D eigenvalue weighted by molar-refractivity contribution is 7.90. The molecule has 0 atom stereocenters. The van der Waals surface area contributed by atoms with Crippen molar-refractivity contribution in [3.8, 4) is 0 Å². The van der Waals surface area contributed by atoms with E-state index in [2.05, 4.69) is 5.32 Å². The molecule has 0 bridgehead atoms. The number of benzene rings is 1. The Labute approximate surface area is 86.7 Å². The summed E-state index contributed by atoms with van der Waals surface area (Å²) >= 11 is 0. The Morgan fingerprint density at radius 1 is 1.40 bits per heavy atom. The lowest BCUT2D eigenvalue weighted by Gasteiger charge is -2.25. The van der Waals surface area contributed by atoms with E-state index in [-0.39, 0.29) is 10.6 Å². The molecule has 1 aliphatic rings. The smallest absolute Gasteiger partial charge is 0.335 e. The standard InChI is InChI=1S/C8H9N3O3S/c1-11-8(12)10-6-4-5(9)2-3-7(6)15(11,13)14/h2-4H,9H2,1H3,(H,10,12). The van der Waals surface area contributed by atoms with Crippen LogP contribution in [0.4, 0.5) is 16.2 Å². The molecule has 0 radical (unpaired) electrons. The Bertz CT molecular complexity index is 538. The number of carbonyl (C=O) groups excluding carboxylic acids is 1. The van der Waals surface area contributed by atoms with Crippen molar-refractivity contribution in [1.29, 1.82) is 0 Å². The van der Waals surface area contributed by atoms with E-state index in [9.17, 15) is 13.2 Å². The number of carbonyl (C=O) groups is 1. The molecule has 0 aliphatic carbocycles. The van der Waals surface area contributed by atoms with Gasteiger partial charge in [-0.25, -0.2) is 17.5 Å². The van der Waals surface area contributed by atoms with Gasteiger partial charge in [-0.2, -0.15) is 0 Å². The summed E-state index contributed by atoms with van der Waals surface area (Å²) < 4.78 is 24.2. The molecule has 0 unspecified atom stereocenters. The van der Waals surface area contributed by atoms with E-state index >= 15 is 0 Å². The summed E-state index contributed by atoms with van der Waals surface area (Å²) in [4.78, 5) is 11.3. The third-order valence-corrected chi connectivity index (χ3v) is 3.97. The maximum absolute atomic E-state index is 11.8. The lowest BCUT2D eigenvalue weighted by atomic mass is 10.3. The quantitative estimate of drug-likeness (QED) is 0.629. The number of anilines is 2. The van der Waals surface area contributed by atoms with Gasteiger partial charge in [0.05, 0.1) is 5.69 Å². The van der Waals surface area contributed by atoms with Crippen LogP contribution >= 0.6 is 0 Å². The Hall–Kier alpha value is -1.76. The summed E-state index contributed by atoms with van der Waals surface area (Å²) in [6.07, 6.45) is 0. The van der Waals surface area contributed by atoms with Gasteiger partial charge in [0.25, 0.3) is 10.0 Å². The SMILES string of the molecule is CN1C(=O)Nc2cc(N)ccc2S1(=O)=O. The van der Waals surface area contributed by atoms with E-state index in [0.29, 0.717) is 9.99 Å². The molecule has 0 saturated carbocycles. The van der Waals surface area contributed by atoms with Gasteiger partial charge >= 0.3 is 6.03 Å². The molecule has 0 fully saturated rings. The van der Waals surface area contributed by atoms with E-state index in [1.54, 1.807) is 0 Å². The van der Waals surface area contributed by atoms with Gasteiger partial charge in [-0.3, -0.25) is 0 Å².